The molecule has 0 spiro atoms. The average molecular weight is 283 g/mol. The highest BCUT2D eigenvalue weighted by atomic mass is 19.1. The summed E-state index contributed by atoms with van der Waals surface area (Å²) in [6.07, 6.45) is 0. The summed E-state index contributed by atoms with van der Waals surface area (Å²) >= 11 is 0. The molecule has 1 unspecified atom stereocenters. The van der Waals surface area contributed by atoms with Gasteiger partial charge in [0.25, 0.3) is 0 Å². The average Bonchev–Trinajstić information content (AvgIpc) is 2.42. The van der Waals surface area contributed by atoms with Gasteiger partial charge < -0.3 is 4.74 Å². The number of methoxy groups -OCH3 is 1. The van der Waals surface area contributed by atoms with Crippen molar-refractivity contribution in [2.24, 2.45) is 5.84 Å². The molecule has 1 aromatic rings. The summed E-state index contributed by atoms with van der Waals surface area (Å²) in [6, 6.07) is 4.55. The van der Waals surface area contributed by atoms with Crippen molar-refractivity contribution in [1.29, 1.82) is 0 Å². The largest absolute Gasteiger partial charge is 0.497 e. The van der Waals surface area contributed by atoms with E-state index in [1.807, 2.05) is 0 Å². The maximum atomic E-state index is 14.3. The second-order valence-electron chi connectivity index (χ2n) is 5.31. The van der Waals surface area contributed by atoms with Gasteiger partial charge >= 0.3 is 0 Å². The molecule has 20 heavy (non-hydrogen) atoms. The third kappa shape index (κ3) is 3.29. The van der Waals surface area contributed by atoms with E-state index in [1.165, 1.54) is 13.2 Å². The quantitative estimate of drug-likeness (QED) is 0.596. The number of halogens is 1. The predicted molar refractivity (Wildman–Crippen MR) is 80.0 cm³/mol. The van der Waals surface area contributed by atoms with Gasteiger partial charge in [0, 0.05) is 17.2 Å². The van der Waals surface area contributed by atoms with E-state index < -0.39 is 0 Å². The maximum absolute atomic E-state index is 14.3. The first-order valence-corrected chi connectivity index (χ1v) is 6.96. The van der Waals surface area contributed by atoms with Crippen LogP contribution in [0.15, 0.2) is 18.2 Å². The van der Waals surface area contributed by atoms with Crippen molar-refractivity contribution in [3.63, 3.8) is 0 Å². The highest BCUT2D eigenvalue weighted by Gasteiger charge is 2.35. The van der Waals surface area contributed by atoms with Gasteiger partial charge in [0.2, 0.25) is 0 Å². The van der Waals surface area contributed by atoms with E-state index in [9.17, 15) is 4.39 Å². The molecule has 4 nitrogen and oxygen atoms in total. The zero-order valence-electron chi connectivity index (χ0n) is 13.0. The summed E-state index contributed by atoms with van der Waals surface area (Å²) in [5, 5.41) is 0. The number of rotatable bonds is 7. The zero-order valence-corrected chi connectivity index (χ0v) is 13.0. The van der Waals surface area contributed by atoms with Gasteiger partial charge in [-0.05, 0) is 33.0 Å². The van der Waals surface area contributed by atoms with Crippen LogP contribution >= 0.6 is 0 Å². The summed E-state index contributed by atoms with van der Waals surface area (Å²) in [6.45, 7) is 10.0. The van der Waals surface area contributed by atoms with E-state index in [0.29, 0.717) is 11.3 Å². The molecule has 1 aromatic carbocycles. The monoisotopic (exact) mass is 283 g/mol. The lowest BCUT2D eigenvalue weighted by Gasteiger charge is -2.43. The molecule has 0 aliphatic rings. The number of hydrogen-bond acceptors (Lipinski definition) is 4. The van der Waals surface area contributed by atoms with E-state index in [-0.39, 0.29) is 17.4 Å². The number of nitrogens with zero attached hydrogens (tertiary/aromatic N) is 1. The van der Waals surface area contributed by atoms with Crippen LogP contribution in [0.1, 0.15) is 39.3 Å². The van der Waals surface area contributed by atoms with Crippen LogP contribution in [0.3, 0.4) is 0 Å². The van der Waals surface area contributed by atoms with Crippen molar-refractivity contribution in [3.05, 3.63) is 29.6 Å². The van der Waals surface area contributed by atoms with Gasteiger partial charge in [0.15, 0.2) is 0 Å². The fourth-order valence-electron chi connectivity index (χ4n) is 2.76. The van der Waals surface area contributed by atoms with Crippen molar-refractivity contribution >= 4 is 0 Å². The normalized spacial score (nSPS) is 13.6. The Bertz CT molecular complexity index is 433. The first-order valence-electron chi connectivity index (χ1n) is 6.96. The van der Waals surface area contributed by atoms with Gasteiger partial charge in [-0.1, -0.05) is 19.9 Å². The molecule has 5 heteroatoms. The van der Waals surface area contributed by atoms with E-state index in [0.717, 1.165) is 13.1 Å². The number of nitrogens with two attached hydrogens (primary N) is 1. The molecular formula is C15H26FN3O. The maximum Gasteiger partial charge on any atom is 0.131 e. The first kappa shape index (κ1) is 16.9. The molecule has 1 atom stereocenters. The van der Waals surface area contributed by atoms with Crippen LogP contribution in [-0.2, 0) is 0 Å². The Kier molecular flexibility index (Phi) is 5.92. The molecule has 1 rings (SSSR count). The minimum absolute atomic E-state index is 0.312. The molecule has 0 aliphatic carbocycles. The Morgan fingerprint density at radius 3 is 2.35 bits per heavy atom. The highest BCUT2D eigenvalue weighted by Crippen LogP contribution is 2.33. The van der Waals surface area contributed by atoms with Crippen molar-refractivity contribution in [1.82, 2.24) is 10.3 Å². The Labute approximate surface area is 121 Å². The Morgan fingerprint density at radius 2 is 1.95 bits per heavy atom. The van der Waals surface area contributed by atoms with E-state index in [1.54, 1.807) is 12.1 Å². The van der Waals surface area contributed by atoms with Gasteiger partial charge in [0.05, 0.1) is 13.2 Å². The molecule has 0 bridgehead atoms. The van der Waals surface area contributed by atoms with Crippen LogP contribution in [0.2, 0.25) is 0 Å². The minimum Gasteiger partial charge on any atom is -0.497 e. The lowest BCUT2D eigenvalue weighted by Crippen LogP contribution is -2.54. The van der Waals surface area contributed by atoms with Gasteiger partial charge in [-0.3, -0.25) is 16.2 Å². The highest BCUT2D eigenvalue weighted by molar-refractivity contribution is 5.32. The SMILES string of the molecule is CCN(CC)C(C)(C)C(NN)c1ccc(OC)cc1F. The van der Waals surface area contributed by atoms with E-state index >= 15 is 0 Å². The van der Waals surface area contributed by atoms with E-state index in [2.05, 4.69) is 38.0 Å². The van der Waals surface area contributed by atoms with Gasteiger partial charge in [-0.2, -0.15) is 0 Å². The minimum atomic E-state index is -0.312. The summed E-state index contributed by atoms with van der Waals surface area (Å²) in [5.74, 6) is 5.89. The lowest BCUT2D eigenvalue weighted by molar-refractivity contribution is 0.0897. The number of benzene rings is 1. The second kappa shape index (κ2) is 7.02. The van der Waals surface area contributed by atoms with Crippen molar-refractivity contribution in [2.75, 3.05) is 20.2 Å². The molecule has 0 saturated heterocycles. The van der Waals surface area contributed by atoms with Gasteiger partial charge in [-0.25, -0.2) is 4.39 Å². The van der Waals surface area contributed by atoms with Crippen LogP contribution in [0.25, 0.3) is 0 Å². The summed E-state index contributed by atoms with van der Waals surface area (Å²) in [5.41, 5.74) is 3.00. The fraction of sp³-hybridized carbons (Fsp3) is 0.600. The molecule has 0 fully saturated rings. The molecule has 0 radical (unpaired) electrons. The summed E-state index contributed by atoms with van der Waals surface area (Å²) in [4.78, 5) is 2.25. The third-order valence-electron chi connectivity index (χ3n) is 3.97. The Morgan fingerprint density at radius 1 is 1.35 bits per heavy atom. The number of ether oxygens (including phenoxy) is 1. The smallest absolute Gasteiger partial charge is 0.131 e. The number of nitrogens with one attached hydrogen (secondary N) is 1. The standard InChI is InChI=1S/C15H26FN3O/c1-6-19(7-2)15(3,4)14(18-17)12-9-8-11(20-5)10-13(12)16/h8-10,14,18H,6-7,17H2,1-5H3. The van der Waals surface area contributed by atoms with Crippen molar-refractivity contribution in [2.45, 2.75) is 39.3 Å². The van der Waals surface area contributed by atoms with Crippen LogP contribution < -0.4 is 16.0 Å². The topological polar surface area (TPSA) is 50.5 Å². The lowest BCUT2D eigenvalue weighted by atomic mass is 9.87. The predicted octanol–water partition coefficient (Wildman–Crippen LogP) is 2.46. The van der Waals surface area contributed by atoms with Gasteiger partial charge in [0.1, 0.15) is 11.6 Å². The molecule has 114 valence electrons. The molecular weight excluding hydrogens is 257 g/mol. The molecule has 0 aliphatic heterocycles. The molecule has 0 saturated carbocycles. The molecule has 0 heterocycles. The van der Waals surface area contributed by atoms with Crippen LogP contribution in [0, 0.1) is 5.82 Å². The van der Waals surface area contributed by atoms with Crippen molar-refractivity contribution < 1.29 is 9.13 Å². The van der Waals surface area contributed by atoms with Crippen LogP contribution in [0.5, 0.6) is 5.75 Å². The zero-order chi connectivity index (χ0) is 15.3. The summed E-state index contributed by atoms with van der Waals surface area (Å²) in [7, 11) is 1.52. The van der Waals surface area contributed by atoms with Crippen LogP contribution in [-0.4, -0.2) is 30.6 Å². The Hall–Kier alpha value is -1.17. The molecule has 0 aromatic heterocycles. The third-order valence-corrected chi connectivity index (χ3v) is 3.97. The second-order valence-corrected chi connectivity index (χ2v) is 5.31. The molecule has 0 amide bonds. The number of hydrazine groups is 1. The van der Waals surface area contributed by atoms with E-state index in [4.69, 9.17) is 10.6 Å². The number of likely N-dealkylation sites (N-methyl/N-ethyl adjacent to an activating group) is 1. The first-order chi connectivity index (χ1) is 9.42. The fourth-order valence-corrected chi connectivity index (χ4v) is 2.76. The number of hydrogen-bond donors (Lipinski definition) is 2. The van der Waals surface area contributed by atoms with Crippen molar-refractivity contribution in [3.8, 4) is 5.75 Å². The Balaban J connectivity index is 3.18. The van der Waals surface area contributed by atoms with Crippen LogP contribution in [0.4, 0.5) is 4.39 Å². The van der Waals surface area contributed by atoms with Gasteiger partial charge in [-0.15, -0.1) is 0 Å². The molecule has 3 N–H and O–H groups in total. The summed E-state index contributed by atoms with van der Waals surface area (Å²) < 4.78 is 19.3.